The second kappa shape index (κ2) is 8.68. The maximum atomic E-state index is 12.1. The second-order valence-corrected chi connectivity index (χ2v) is 6.33. The third-order valence-corrected chi connectivity index (χ3v) is 4.81. The van der Waals surface area contributed by atoms with E-state index < -0.39 is 0 Å². The van der Waals surface area contributed by atoms with E-state index in [1.807, 2.05) is 23.6 Å². The summed E-state index contributed by atoms with van der Waals surface area (Å²) in [6.07, 6.45) is 2.19. The molecule has 2 rings (SSSR count). The Hall–Kier alpha value is -2.08. The van der Waals surface area contributed by atoms with Gasteiger partial charge in [0.15, 0.2) is 11.5 Å². The quantitative estimate of drug-likeness (QED) is 0.791. The van der Waals surface area contributed by atoms with Crippen LogP contribution in [0.4, 0.5) is 0 Å². The molecule has 0 aliphatic heterocycles. The van der Waals surface area contributed by atoms with Crippen molar-refractivity contribution in [3.05, 3.63) is 29.3 Å². The molecule has 0 spiro atoms. The lowest BCUT2D eigenvalue weighted by atomic mass is 10.1. The van der Waals surface area contributed by atoms with Crippen molar-refractivity contribution < 1.29 is 14.3 Å². The number of methoxy groups -OCH3 is 2. The lowest BCUT2D eigenvalue weighted by Gasteiger charge is -2.13. The number of nitrogens with one attached hydrogen (secondary N) is 1. The van der Waals surface area contributed by atoms with Crippen LogP contribution < -0.4 is 14.8 Å². The normalized spacial score (nSPS) is 10.7. The average molecular weight is 348 g/mol. The van der Waals surface area contributed by atoms with E-state index in [4.69, 9.17) is 9.47 Å². The maximum Gasteiger partial charge on any atom is 0.226 e. The number of ether oxygens (including phenoxy) is 2. The van der Waals surface area contributed by atoms with Crippen molar-refractivity contribution in [1.29, 1.82) is 0 Å². The molecule has 1 amide bonds. The molecule has 1 N–H and O–H groups in total. The fourth-order valence-corrected chi connectivity index (χ4v) is 3.24. The van der Waals surface area contributed by atoms with E-state index in [2.05, 4.69) is 24.1 Å². The third kappa shape index (κ3) is 4.47. The highest BCUT2D eigenvalue weighted by atomic mass is 32.1. The van der Waals surface area contributed by atoms with Crippen LogP contribution in [0.15, 0.2) is 23.6 Å². The van der Waals surface area contributed by atoms with E-state index in [1.165, 1.54) is 11.3 Å². The molecule has 0 unspecified atom stereocenters. The van der Waals surface area contributed by atoms with Gasteiger partial charge in [0.2, 0.25) is 5.91 Å². The van der Waals surface area contributed by atoms with Crippen LogP contribution in [0.5, 0.6) is 11.5 Å². The summed E-state index contributed by atoms with van der Waals surface area (Å²) in [5, 5.41) is 5.83. The molecule has 5 nitrogen and oxygen atoms in total. The van der Waals surface area contributed by atoms with Gasteiger partial charge in [-0.1, -0.05) is 13.8 Å². The van der Waals surface area contributed by atoms with Gasteiger partial charge in [-0.05, 0) is 31.0 Å². The van der Waals surface area contributed by atoms with Crippen LogP contribution in [0.3, 0.4) is 0 Å². The summed E-state index contributed by atoms with van der Waals surface area (Å²) < 4.78 is 10.6. The minimum atomic E-state index is 0.0212. The summed E-state index contributed by atoms with van der Waals surface area (Å²) >= 11 is 1.52. The summed E-state index contributed by atoms with van der Waals surface area (Å²) in [5.41, 5.74) is 1.73. The highest BCUT2D eigenvalue weighted by Gasteiger charge is 2.13. The molecule has 1 aromatic heterocycles. The highest BCUT2D eigenvalue weighted by Crippen LogP contribution is 2.33. The third-order valence-electron chi connectivity index (χ3n) is 3.87. The number of rotatable bonds is 8. The zero-order chi connectivity index (χ0) is 17.5. The molecule has 0 fully saturated rings. The predicted molar refractivity (Wildman–Crippen MR) is 96.9 cm³/mol. The Morgan fingerprint density at radius 3 is 2.54 bits per heavy atom. The number of hydrogen-bond donors (Lipinski definition) is 1. The number of nitrogens with zero attached hydrogens (tertiary/aromatic N) is 1. The van der Waals surface area contributed by atoms with Crippen LogP contribution in [-0.2, 0) is 11.2 Å². The molecule has 0 atom stereocenters. The largest absolute Gasteiger partial charge is 0.493 e. The first-order chi connectivity index (χ1) is 11.6. The molecule has 130 valence electrons. The first kappa shape index (κ1) is 18.3. The van der Waals surface area contributed by atoms with Crippen LogP contribution in [0, 0.1) is 0 Å². The molecular formula is C18H24N2O3S. The maximum absolute atomic E-state index is 12.1. The SMILES string of the molecule is CCC(CC)NC(=O)Cc1csc(-c2ccc(OC)c(OC)c2)n1. The van der Waals surface area contributed by atoms with Gasteiger partial charge in [0.05, 0.1) is 26.3 Å². The number of carbonyl (C=O) groups is 1. The van der Waals surface area contributed by atoms with Gasteiger partial charge >= 0.3 is 0 Å². The zero-order valence-electron chi connectivity index (χ0n) is 14.6. The molecule has 0 radical (unpaired) electrons. The van der Waals surface area contributed by atoms with E-state index in [9.17, 15) is 4.79 Å². The lowest BCUT2D eigenvalue weighted by Crippen LogP contribution is -2.34. The first-order valence-electron chi connectivity index (χ1n) is 8.07. The van der Waals surface area contributed by atoms with Crippen LogP contribution in [-0.4, -0.2) is 31.2 Å². The number of aromatic nitrogens is 1. The van der Waals surface area contributed by atoms with Crippen LogP contribution in [0.25, 0.3) is 10.6 Å². The highest BCUT2D eigenvalue weighted by molar-refractivity contribution is 7.13. The van der Waals surface area contributed by atoms with Gasteiger partial charge in [-0.25, -0.2) is 4.98 Å². The molecule has 0 aliphatic rings. The Kier molecular flexibility index (Phi) is 6.61. The summed E-state index contributed by atoms with van der Waals surface area (Å²) in [6, 6.07) is 5.93. The fraction of sp³-hybridized carbons (Fsp3) is 0.444. The molecule has 0 saturated carbocycles. The van der Waals surface area contributed by atoms with Crippen LogP contribution in [0.2, 0.25) is 0 Å². The van der Waals surface area contributed by atoms with Crippen molar-refractivity contribution >= 4 is 17.2 Å². The minimum absolute atomic E-state index is 0.0212. The van der Waals surface area contributed by atoms with E-state index in [-0.39, 0.29) is 11.9 Å². The van der Waals surface area contributed by atoms with Crippen molar-refractivity contribution in [3.63, 3.8) is 0 Å². The molecule has 2 aromatic rings. The lowest BCUT2D eigenvalue weighted by molar-refractivity contribution is -0.121. The Morgan fingerprint density at radius 2 is 1.92 bits per heavy atom. The van der Waals surface area contributed by atoms with Gasteiger partial charge in [-0.15, -0.1) is 11.3 Å². The summed E-state index contributed by atoms with van der Waals surface area (Å²) in [7, 11) is 3.22. The van der Waals surface area contributed by atoms with Gasteiger partial charge in [-0.3, -0.25) is 4.79 Å². The van der Waals surface area contributed by atoms with Crippen LogP contribution >= 0.6 is 11.3 Å². The topological polar surface area (TPSA) is 60.5 Å². The van der Waals surface area contributed by atoms with E-state index in [0.717, 1.165) is 29.1 Å². The van der Waals surface area contributed by atoms with Gasteiger partial charge in [0.1, 0.15) is 5.01 Å². The summed E-state index contributed by atoms with van der Waals surface area (Å²) in [6.45, 7) is 4.15. The average Bonchev–Trinajstić information content (AvgIpc) is 3.07. The van der Waals surface area contributed by atoms with Gasteiger partial charge in [0, 0.05) is 17.0 Å². The molecular weight excluding hydrogens is 324 g/mol. The number of carbonyl (C=O) groups excluding carboxylic acids is 1. The Morgan fingerprint density at radius 1 is 1.21 bits per heavy atom. The van der Waals surface area contributed by atoms with E-state index in [1.54, 1.807) is 14.2 Å². The summed E-state index contributed by atoms with van der Waals surface area (Å²) in [5.74, 6) is 1.37. The zero-order valence-corrected chi connectivity index (χ0v) is 15.4. The van der Waals surface area contributed by atoms with E-state index >= 15 is 0 Å². The second-order valence-electron chi connectivity index (χ2n) is 5.47. The number of amides is 1. The molecule has 0 aliphatic carbocycles. The fourth-order valence-electron chi connectivity index (χ4n) is 2.43. The monoisotopic (exact) mass is 348 g/mol. The van der Waals surface area contributed by atoms with Crippen molar-refractivity contribution in [1.82, 2.24) is 10.3 Å². The first-order valence-corrected chi connectivity index (χ1v) is 8.95. The van der Waals surface area contributed by atoms with Crippen molar-refractivity contribution in [2.75, 3.05) is 14.2 Å². The van der Waals surface area contributed by atoms with Gasteiger partial charge in [-0.2, -0.15) is 0 Å². The summed E-state index contributed by atoms with van der Waals surface area (Å²) in [4.78, 5) is 16.7. The van der Waals surface area contributed by atoms with Crippen molar-refractivity contribution in [2.45, 2.75) is 39.2 Å². The number of benzene rings is 1. The van der Waals surface area contributed by atoms with Gasteiger partial charge < -0.3 is 14.8 Å². The van der Waals surface area contributed by atoms with Crippen molar-refractivity contribution in [2.24, 2.45) is 0 Å². The Labute approximate surface area is 147 Å². The smallest absolute Gasteiger partial charge is 0.226 e. The molecule has 6 heteroatoms. The standard InChI is InChI=1S/C18H24N2O3S/c1-5-13(6-2)19-17(21)10-14-11-24-18(20-14)12-7-8-15(22-3)16(9-12)23-4/h7-9,11,13H,5-6,10H2,1-4H3,(H,19,21). The molecule has 1 heterocycles. The molecule has 24 heavy (non-hydrogen) atoms. The number of hydrogen-bond acceptors (Lipinski definition) is 5. The predicted octanol–water partition coefficient (Wildman–Crippen LogP) is 3.67. The Balaban J connectivity index is 2.09. The minimum Gasteiger partial charge on any atom is -0.493 e. The Bertz CT molecular complexity index is 681. The number of thiazole rings is 1. The molecule has 0 bridgehead atoms. The molecule has 1 aromatic carbocycles. The van der Waals surface area contributed by atoms with Crippen LogP contribution in [0.1, 0.15) is 32.4 Å². The van der Waals surface area contributed by atoms with E-state index in [0.29, 0.717) is 17.9 Å². The van der Waals surface area contributed by atoms with Crippen molar-refractivity contribution in [3.8, 4) is 22.1 Å². The van der Waals surface area contributed by atoms with Gasteiger partial charge in [0.25, 0.3) is 0 Å². The molecule has 0 saturated heterocycles.